The van der Waals surface area contributed by atoms with Crippen LogP contribution in [0.5, 0.6) is 5.75 Å². The second kappa shape index (κ2) is 6.46. The van der Waals surface area contributed by atoms with Crippen LogP contribution in [0.2, 0.25) is 0 Å². The van der Waals surface area contributed by atoms with Crippen molar-refractivity contribution in [1.82, 2.24) is 0 Å². The first kappa shape index (κ1) is 17.1. The van der Waals surface area contributed by atoms with Crippen molar-refractivity contribution >= 4 is 43.0 Å². The monoisotopic (exact) mass is 378 g/mol. The summed E-state index contributed by atoms with van der Waals surface area (Å²) in [7, 11) is -4.41. The van der Waals surface area contributed by atoms with Crippen molar-refractivity contribution in [1.29, 1.82) is 0 Å². The Morgan fingerprint density at radius 2 is 1.37 bits per heavy atom. The Balaban J connectivity index is 1.92. The van der Waals surface area contributed by atoms with Crippen LogP contribution in [0.3, 0.4) is 0 Å². The summed E-state index contributed by atoms with van der Waals surface area (Å²) in [6.07, 6.45) is 0. The minimum absolute atomic E-state index is 0.142. The zero-order valence-corrected chi connectivity index (χ0v) is 14.8. The van der Waals surface area contributed by atoms with Gasteiger partial charge in [-0.25, -0.2) is 0 Å². The zero-order chi connectivity index (χ0) is 19.0. The third kappa shape index (κ3) is 3.14. The predicted molar refractivity (Wildman–Crippen MR) is 104 cm³/mol. The van der Waals surface area contributed by atoms with E-state index in [1.807, 2.05) is 18.2 Å². The van der Waals surface area contributed by atoms with E-state index in [0.29, 0.717) is 27.5 Å². The molecule has 0 aliphatic rings. The lowest BCUT2D eigenvalue weighted by atomic mass is 10.1. The van der Waals surface area contributed by atoms with Crippen LogP contribution in [0.15, 0.2) is 87.9 Å². The zero-order valence-electron chi connectivity index (χ0n) is 13.9. The van der Waals surface area contributed by atoms with Crippen LogP contribution in [0.25, 0.3) is 21.5 Å². The maximum atomic E-state index is 11.7. The van der Waals surface area contributed by atoms with Crippen LogP contribution < -0.4 is 0 Å². The fourth-order valence-corrected chi connectivity index (χ4v) is 3.78. The average Bonchev–Trinajstić information content (AvgIpc) is 2.66. The number of hydrogen-bond acceptors (Lipinski definition) is 5. The molecule has 0 fully saturated rings. The summed E-state index contributed by atoms with van der Waals surface area (Å²) in [5, 5.41) is 20.7. The van der Waals surface area contributed by atoms with E-state index >= 15 is 0 Å². The van der Waals surface area contributed by atoms with Crippen LogP contribution >= 0.6 is 0 Å². The molecule has 134 valence electrons. The molecular formula is C20H14N2O4S. The number of rotatable bonds is 3. The standard InChI is InChI=1S/C20H14N2O4S/c23-18-12-11-16(14-7-1-2-8-15(14)18)21-22-17-9-3-5-13-6-4-10-19(20(13)17)27(24,25)26/h1-12,23H,(H,24,25,26). The quantitative estimate of drug-likeness (QED) is 0.370. The van der Waals surface area contributed by atoms with Crippen LogP contribution in [0.4, 0.5) is 11.4 Å². The maximum absolute atomic E-state index is 11.7. The summed E-state index contributed by atoms with van der Waals surface area (Å²) >= 11 is 0. The van der Waals surface area contributed by atoms with Crippen LogP contribution in [0.1, 0.15) is 0 Å². The van der Waals surface area contributed by atoms with E-state index < -0.39 is 10.1 Å². The van der Waals surface area contributed by atoms with Gasteiger partial charge in [0.25, 0.3) is 10.1 Å². The summed E-state index contributed by atoms with van der Waals surface area (Å²) < 4.78 is 33.0. The molecule has 4 aromatic rings. The number of phenols is 1. The Morgan fingerprint density at radius 1 is 0.704 bits per heavy atom. The summed E-state index contributed by atoms with van der Waals surface area (Å²) in [6.45, 7) is 0. The smallest absolute Gasteiger partial charge is 0.295 e. The van der Waals surface area contributed by atoms with Gasteiger partial charge in [-0.3, -0.25) is 4.55 Å². The molecule has 0 atom stereocenters. The van der Waals surface area contributed by atoms with E-state index in [1.165, 1.54) is 12.1 Å². The van der Waals surface area contributed by atoms with E-state index in [2.05, 4.69) is 10.2 Å². The highest BCUT2D eigenvalue weighted by molar-refractivity contribution is 7.86. The number of aromatic hydroxyl groups is 1. The van der Waals surface area contributed by atoms with Gasteiger partial charge in [-0.1, -0.05) is 48.5 Å². The number of fused-ring (bicyclic) bond motifs is 2. The Morgan fingerprint density at radius 3 is 2.11 bits per heavy atom. The maximum Gasteiger partial charge on any atom is 0.295 e. The molecule has 0 unspecified atom stereocenters. The molecule has 0 aromatic heterocycles. The molecule has 0 aliphatic carbocycles. The lowest BCUT2D eigenvalue weighted by molar-refractivity contribution is 0.481. The number of hydrogen-bond donors (Lipinski definition) is 2. The molecule has 7 heteroatoms. The van der Waals surface area contributed by atoms with Crippen LogP contribution in [-0.2, 0) is 10.1 Å². The van der Waals surface area contributed by atoms with Gasteiger partial charge in [-0.05, 0) is 29.7 Å². The minimum atomic E-state index is -4.41. The van der Waals surface area contributed by atoms with Crippen molar-refractivity contribution in [3.05, 3.63) is 72.8 Å². The first-order chi connectivity index (χ1) is 12.9. The van der Waals surface area contributed by atoms with Crippen LogP contribution in [-0.4, -0.2) is 18.1 Å². The van der Waals surface area contributed by atoms with Crippen molar-refractivity contribution in [2.75, 3.05) is 0 Å². The summed E-state index contributed by atoms with van der Waals surface area (Å²) in [5.74, 6) is 0.142. The molecule has 4 aromatic carbocycles. The predicted octanol–water partition coefficient (Wildman–Crippen LogP) is 5.36. The van der Waals surface area contributed by atoms with E-state index in [4.69, 9.17) is 0 Å². The molecule has 27 heavy (non-hydrogen) atoms. The molecule has 0 amide bonds. The van der Waals surface area contributed by atoms with E-state index in [9.17, 15) is 18.1 Å². The van der Waals surface area contributed by atoms with Gasteiger partial charge in [0.15, 0.2) is 0 Å². The van der Waals surface area contributed by atoms with Gasteiger partial charge >= 0.3 is 0 Å². The molecule has 0 aliphatic heterocycles. The Labute approximate surface area is 155 Å². The normalized spacial score (nSPS) is 12.2. The van der Waals surface area contributed by atoms with Gasteiger partial charge in [-0.2, -0.15) is 8.42 Å². The number of phenolic OH excluding ortho intramolecular Hbond substituents is 1. The summed E-state index contributed by atoms with van der Waals surface area (Å²) in [5.41, 5.74) is 0.850. The first-order valence-corrected chi connectivity index (χ1v) is 9.51. The molecule has 4 rings (SSSR count). The first-order valence-electron chi connectivity index (χ1n) is 8.07. The lowest BCUT2D eigenvalue weighted by Crippen LogP contribution is -1.98. The van der Waals surface area contributed by atoms with Crippen LogP contribution in [0, 0.1) is 0 Å². The van der Waals surface area contributed by atoms with E-state index in [0.717, 1.165) is 5.39 Å². The number of nitrogens with zero attached hydrogens (tertiary/aromatic N) is 2. The molecule has 6 nitrogen and oxygen atoms in total. The highest BCUT2D eigenvalue weighted by Gasteiger charge is 2.16. The van der Waals surface area contributed by atoms with Gasteiger partial charge in [0.1, 0.15) is 10.6 Å². The number of benzene rings is 4. The van der Waals surface area contributed by atoms with Gasteiger partial charge < -0.3 is 5.11 Å². The fourth-order valence-electron chi connectivity index (χ4n) is 3.05. The van der Waals surface area contributed by atoms with E-state index in [-0.39, 0.29) is 10.6 Å². The van der Waals surface area contributed by atoms with Gasteiger partial charge in [0.05, 0.1) is 11.4 Å². The number of azo groups is 1. The van der Waals surface area contributed by atoms with Crippen molar-refractivity contribution in [2.24, 2.45) is 10.2 Å². The Bertz CT molecular complexity index is 1310. The SMILES string of the molecule is O=S(=O)(O)c1cccc2cccc(N=Nc3ccc(O)c4ccccc34)c12. The molecule has 0 saturated carbocycles. The Kier molecular flexibility index (Phi) is 4.10. The van der Waals surface area contributed by atoms with Gasteiger partial charge in [0.2, 0.25) is 0 Å². The highest BCUT2D eigenvalue weighted by Crippen LogP contribution is 2.36. The van der Waals surface area contributed by atoms with Gasteiger partial charge in [-0.15, -0.1) is 10.2 Å². The second-order valence-electron chi connectivity index (χ2n) is 5.96. The molecule has 0 spiro atoms. The fraction of sp³-hybridized carbons (Fsp3) is 0. The molecule has 0 bridgehead atoms. The summed E-state index contributed by atoms with van der Waals surface area (Å²) in [4.78, 5) is -0.217. The Hall–Kier alpha value is -3.29. The molecule has 0 saturated heterocycles. The molecule has 0 heterocycles. The van der Waals surface area contributed by atoms with Crippen molar-refractivity contribution < 1.29 is 18.1 Å². The average molecular weight is 378 g/mol. The molecule has 2 N–H and O–H groups in total. The largest absolute Gasteiger partial charge is 0.507 e. The van der Waals surface area contributed by atoms with Crippen molar-refractivity contribution in [3.8, 4) is 5.75 Å². The molecule has 0 radical (unpaired) electrons. The summed E-state index contributed by atoms with van der Waals surface area (Å²) in [6, 6.07) is 20.1. The third-order valence-electron chi connectivity index (χ3n) is 4.27. The molecular weight excluding hydrogens is 364 g/mol. The lowest BCUT2D eigenvalue weighted by Gasteiger charge is -2.07. The topological polar surface area (TPSA) is 99.3 Å². The van der Waals surface area contributed by atoms with Gasteiger partial charge in [0, 0.05) is 16.2 Å². The second-order valence-corrected chi connectivity index (χ2v) is 7.35. The van der Waals surface area contributed by atoms with Crippen molar-refractivity contribution in [3.63, 3.8) is 0 Å². The minimum Gasteiger partial charge on any atom is -0.507 e. The van der Waals surface area contributed by atoms with E-state index in [1.54, 1.807) is 42.5 Å². The highest BCUT2D eigenvalue weighted by atomic mass is 32.2. The van der Waals surface area contributed by atoms with Crippen molar-refractivity contribution in [2.45, 2.75) is 4.90 Å². The third-order valence-corrected chi connectivity index (χ3v) is 5.16.